The van der Waals surface area contributed by atoms with E-state index in [1.807, 2.05) is 6.92 Å². The lowest BCUT2D eigenvalue weighted by Gasteiger charge is -2.36. The van der Waals surface area contributed by atoms with Gasteiger partial charge in [-0.15, -0.1) is 11.8 Å². The summed E-state index contributed by atoms with van der Waals surface area (Å²) in [6.07, 6.45) is 1.33. The van der Waals surface area contributed by atoms with Gasteiger partial charge in [0.2, 0.25) is 5.91 Å². The molecular weight excluding hydrogens is 293 g/mol. The quantitative estimate of drug-likeness (QED) is 0.869. The summed E-state index contributed by atoms with van der Waals surface area (Å²) in [5, 5.41) is 9.25. The molecule has 1 saturated heterocycles. The van der Waals surface area contributed by atoms with Gasteiger partial charge in [-0.2, -0.15) is 0 Å². The summed E-state index contributed by atoms with van der Waals surface area (Å²) in [7, 11) is 0. The van der Waals surface area contributed by atoms with Crippen molar-refractivity contribution in [3.8, 4) is 0 Å². The van der Waals surface area contributed by atoms with E-state index in [2.05, 4.69) is 0 Å². The molecule has 0 bridgehead atoms. The zero-order valence-electron chi connectivity index (χ0n) is 11.8. The third-order valence-corrected chi connectivity index (χ3v) is 4.64. The number of carboxylic acid groups (broad SMARTS) is 1. The number of halogens is 1. The summed E-state index contributed by atoms with van der Waals surface area (Å²) >= 11 is 1.29. The lowest BCUT2D eigenvalue weighted by Crippen LogP contribution is -2.50. The first-order valence-corrected chi connectivity index (χ1v) is 7.86. The van der Waals surface area contributed by atoms with Crippen LogP contribution in [0.15, 0.2) is 29.2 Å². The molecule has 114 valence electrons. The highest BCUT2D eigenvalue weighted by atomic mass is 32.2. The molecule has 1 fully saturated rings. The van der Waals surface area contributed by atoms with Gasteiger partial charge in [0.05, 0.1) is 5.75 Å². The van der Waals surface area contributed by atoms with Crippen molar-refractivity contribution in [3.63, 3.8) is 0 Å². The smallest absolute Gasteiger partial charge is 0.326 e. The number of thioether (sulfide) groups is 1. The monoisotopic (exact) mass is 311 g/mol. The average molecular weight is 311 g/mol. The number of hydrogen-bond acceptors (Lipinski definition) is 3. The van der Waals surface area contributed by atoms with Gasteiger partial charge in [0.1, 0.15) is 11.9 Å². The van der Waals surface area contributed by atoms with E-state index in [0.717, 1.165) is 11.3 Å². The minimum atomic E-state index is -0.943. The number of rotatable bonds is 4. The summed E-state index contributed by atoms with van der Waals surface area (Å²) in [5.74, 6) is -0.948. The summed E-state index contributed by atoms with van der Waals surface area (Å²) < 4.78 is 12.8. The molecule has 1 aliphatic rings. The second-order valence-electron chi connectivity index (χ2n) is 5.31. The predicted octanol–water partition coefficient (Wildman–Crippen LogP) is 2.63. The molecule has 2 atom stereocenters. The highest BCUT2D eigenvalue weighted by Gasteiger charge is 2.34. The third kappa shape index (κ3) is 4.20. The van der Waals surface area contributed by atoms with E-state index in [4.69, 9.17) is 0 Å². The zero-order chi connectivity index (χ0) is 15.4. The first-order valence-electron chi connectivity index (χ1n) is 6.88. The molecule has 0 aromatic heterocycles. The van der Waals surface area contributed by atoms with Gasteiger partial charge in [-0.25, -0.2) is 9.18 Å². The van der Waals surface area contributed by atoms with Crippen LogP contribution >= 0.6 is 11.8 Å². The number of amides is 1. The van der Waals surface area contributed by atoms with Crippen molar-refractivity contribution in [2.45, 2.75) is 30.7 Å². The van der Waals surface area contributed by atoms with E-state index >= 15 is 0 Å². The second-order valence-corrected chi connectivity index (χ2v) is 6.36. The van der Waals surface area contributed by atoms with Crippen molar-refractivity contribution in [1.29, 1.82) is 0 Å². The molecule has 2 rings (SSSR count). The minimum Gasteiger partial charge on any atom is -0.480 e. The van der Waals surface area contributed by atoms with E-state index < -0.39 is 12.0 Å². The van der Waals surface area contributed by atoms with Gasteiger partial charge in [-0.1, -0.05) is 6.92 Å². The average Bonchev–Trinajstić information content (AvgIpc) is 2.46. The highest BCUT2D eigenvalue weighted by Crippen LogP contribution is 2.25. The number of piperidine rings is 1. The number of benzene rings is 1. The molecule has 0 saturated carbocycles. The number of nitrogens with zero attached hydrogens (tertiary/aromatic N) is 1. The molecule has 1 amide bonds. The molecular formula is C15H18FNO3S. The molecule has 1 aromatic rings. The Labute approximate surface area is 127 Å². The van der Waals surface area contributed by atoms with Crippen LogP contribution in [-0.4, -0.2) is 40.2 Å². The maximum absolute atomic E-state index is 12.8. The fourth-order valence-electron chi connectivity index (χ4n) is 2.43. The number of hydrogen-bond donors (Lipinski definition) is 1. The molecule has 0 radical (unpaired) electrons. The number of carbonyl (C=O) groups excluding carboxylic acids is 1. The lowest BCUT2D eigenvalue weighted by molar-refractivity contribution is -0.151. The zero-order valence-corrected chi connectivity index (χ0v) is 12.6. The van der Waals surface area contributed by atoms with Gasteiger partial charge in [0.15, 0.2) is 0 Å². The summed E-state index contributed by atoms with van der Waals surface area (Å²) in [6, 6.07) is 5.18. The topological polar surface area (TPSA) is 57.6 Å². The van der Waals surface area contributed by atoms with Crippen molar-refractivity contribution in [2.75, 3.05) is 12.3 Å². The van der Waals surface area contributed by atoms with Crippen molar-refractivity contribution in [1.82, 2.24) is 4.90 Å². The second kappa shape index (κ2) is 6.93. The molecule has 2 unspecified atom stereocenters. The van der Waals surface area contributed by atoms with Crippen molar-refractivity contribution in [2.24, 2.45) is 5.92 Å². The summed E-state index contributed by atoms with van der Waals surface area (Å²) in [5.41, 5.74) is 0. The molecule has 1 aromatic carbocycles. The Balaban J connectivity index is 1.95. The number of likely N-dealkylation sites (tertiary alicyclic amines) is 1. The van der Waals surface area contributed by atoms with Gasteiger partial charge in [-0.05, 0) is 43.0 Å². The van der Waals surface area contributed by atoms with Crippen LogP contribution in [0.2, 0.25) is 0 Å². The third-order valence-electron chi connectivity index (χ3n) is 3.65. The predicted molar refractivity (Wildman–Crippen MR) is 78.7 cm³/mol. The SMILES string of the molecule is CC1CCN(C(=O)CSc2ccc(F)cc2)C(C(=O)O)C1. The normalized spacial score (nSPS) is 22.1. The van der Waals surface area contributed by atoms with Gasteiger partial charge in [0, 0.05) is 11.4 Å². The van der Waals surface area contributed by atoms with E-state index in [1.165, 1.54) is 28.8 Å². The van der Waals surface area contributed by atoms with Crippen molar-refractivity contribution >= 4 is 23.6 Å². The van der Waals surface area contributed by atoms with E-state index in [1.54, 1.807) is 12.1 Å². The Morgan fingerprint density at radius 3 is 2.67 bits per heavy atom. The molecule has 1 N–H and O–H groups in total. The summed E-state index contributed by atoms with van der Waals surface area (Å²) in [4.78, 5) is 25.8. The van der Waals surface area contributed by atoms with Gasteiger partial charge >= 0.3 is 5.97 Å². The molecule has 0 aliphatic carbocycles. The van der Waals surface area contributed by atoms with Gasteiger partial charge < -0.3 is 10.0 Å². The van der Waals surface area contributed by atoms with Crippen LogP contribution in [0.5, 0.6) is 0 Å². The molecule has 6 heteroatoms. The van der Waals surface area contributed by atoms with Crippen LogP contribution in [0.25, 0.3) is 0 Å². The van der Waals surface area contributed by atoms with Crippen LogP contribution in [-0.2, 0) is 9.59 Å². The van der Waals surface area contributed by atoms with E-state index in [0.29, 0.717) is 18.9 Å². The molecule has 1 aliphatic heterocycles. The number of carboxylic acids is 1. The first kappa shape index (κ1) is 15.8. The fraction of sp³-hybridized carbons (Fsp3) is 0.467. The largest absolute Gasteiger partial charge is 0.480 e. The maximum atomic E-state index is 12.8. The summed E-state index contributed by atoms with van der Waals surface area (Å²) in [6.45, 7) is 2.49. The Morgan fingerprint density at radius 2 is 2.05 bits per heavy atom. The van der Waals surface area contributed by atoms with Crippen molar-refractivity contribution < 1.29 is 19.1 Å². The number of carbonyl (C=O) groups is 2. The van der Waals surface area contributed by atoms with Crippen LogP contribution in [0.4, 0.5) is 4.39 Å². The van der Waals surface area contributed by atoms with Crippen molar-refractivity contribution in [3.05, 3.63) is 30.1 Å². The fourth-order valence-corrected chi connectivity index (χ4v) is 3.22. The van der Waals surface area contributed by atoms with Crippen LogP contribution < -0.4 is 0 Å². The standard InChI is InChI=1S/C15H18FNO3S/c1-10-6-7-17(13(8-10)15(19)20)14(18)9-21-12-4-2-11(16)3-5-12/h2-5,10,13H,6-9H2,1H3,(H,19,20). The minimum absolute atomic E-state index is 0.170. The van der Waals surface area contributed by atoms with E-state index in [-0.39, 0.29) is 17.5 Å². The number of aliphatic carboxylic acids is 1. The molecule has 4 nitrogen and oxygen atoms in total. The molecule has 0 spiro atoms. The Bertz CT molecular complexity index is 520. The lowest BCUT2D eigenvalue weighted by atomic mass is 9.92. The Morgan fingerprint density at radius 1 is 1.38 bits per heavy atom. The van der Waals surface area contributed by atoms with Crippen LogP contribution in [0.3, 0.4) is 0 Å². The highest BCUT2D eigenvalue weighted by molar-refractivity contribution is 8.00. The van der Waals surface area contributed by atoms with Gasteiger partial charge in [-0.3, -0.25) is 4.79 Å². The van der Waals surface area contributed by atoms with Gasteiger partial charge in [0.25, 0.3) is 0 Å². The molecule has 1 heterocycles. The first-order chi connectivity index (χ1) is 9.97. The van der Waals surface area contributed by atoms with Crippen LogP contribution in [0, 0.1) is 11.7 Å². The van der Waals surface area contributed by atoms with Crippen LogP contribution in [0.1, 0.15) is 19.8 Å². The molecule has 21 heavy (non-hydrogen) atoms. The Hall–Kier alpha value is -1.56. The van der Waals surface area contributed by atoms with E-state index in [9.17, 15) is 19.1 Å². The Kier molecular flexibility index (Phi) is 5.22. The maximum Gasteiger partial charge on any atom is 0.326 e.